The van der Waals surface area contributed by atoms with Crippen molar-refractivity contribution >= 4 is 39.5 Å². The number of para-hydroxylation sites is 1. The van der Waals surface area contributed by atoms with E-state index in [9.17, 15) is 4.79 Å². The van der Waals surface area contributed by atoms with Crippen LogP contribution < -0.4 is 46.7 Å². The molecular formula is C12H15I2N4O2-. The van der Waals surface area contributed by atoms with Crippen LogP contribution in [0.15, 0.2) is 33.5 Å². The molecule has 0 aliphatic rings. The maximum atomic E-state index is 12.4. The minimum atomic E-state index is -0.387. The number of halogens is 2. The average molecular weight is 501 g/mol. The molecule has 20 heavy (non-hydrogen) atoms. The van der Waals surface area contributed by atoms with Gasteiger partial charge in [0.25, 0.3) is 0 Å². The number of benzene rings is 1. The Labute approximate surface area is 140 Å². The number of fused-ring (bicyclic) bond motifs is 1. The van der Waals surface area contributed by atoms with Crippen LogP contribution in [0, 0.1) is 0 Å². The average Bonchev–Trinajstić information content (AvgIpc) is 2.47. The van der Waals surface area contributed by atoms with Crippen LogP contribution in [0.25, 0.3) is 11.0 Å². The number of alkyl halides is 2. The van der Waals surface area contributed by atoms with E-state index in [0.29, 0.717) is 22.4 Å². The molecule has 1 aromatic carbocycles. The number of rotatable bonds is 6. The molecule has 1 aromatic heterocycles. The third kappa shape index (κ3) is 3.42. The van der Waals surface area contributed by atoms with E-state index in [4.69, 9.17) is 10.2 Å². The van der Waals surface area contributed by atoms with Gasteiger partial charge in [0.15, 0.2) is 0 Å². The van der Waals surface area contributed by atoms with Gasteiger partial charge in [-0.2, -0.15) is 0 Å². The van der Waals surface area contributed by atoms with E-state index in [1.807, 2.05) is 42.0 Å². The molecule has 0 amide bonds. The Morgan fingerprint density at radius 1 is 1.45 bits per heavy atom. The molecule has 0 spiro atoms. The Kier molecular flexibility index (Phi) is 6.01. The van der Waals surface area contributed by atoms with Crippen LogP contribution in [0.5, 0.6) is 0 Å². The second-order valence-corrected chi connectivity index (χ2v) is 7.40. The van der Waals surface area contributed by atoms with Gasteiger partial charge >= 0.3 is 141 Å². The summed E-state index contributed by atoms with van der Waals surface area (Å²) in [6.45, 7) is 0. The van der Waals surface area contributed by atoms with Gasteiger partial charge in [0.1, 0.15) is 0 Å². The zero-order chi connectivity index (χ0) is 14.5. The van der Waals surface area contributed by atoms with Crippen LogP contribution in [-0.4, -0.2) is 11.6 Å². The Hall–Kier alpha value is -0.430. The first-order valence-corrected chi connectivity index (χ1v) is 9.69. The van der Waals surface area contributed by atoms with Gasteiger partial charge in [-0.05, 0) is 0 Å². The van der Waals surface area contributed by atoms with Gasteiger partial charge in [-0.15, -0.1) is 0 Å². The fourth-order valence-corrected chi connectivity index (χ4v) is 4.13. The Morgan fingerprint density at radius 3 is 2.90 bits per heavy atom. The molecule has 0 unspecified atom stereocenters. The first-order chi connectivity index (χ1) is 9.69. The van der Waals surface area contributed by atoms with Gasteiger partial charge < -0.3 is 0 Å². The molecule has 0 aliphatic heterocycles. The zero-order valence-corrected chi connectivity index (χ0v) is 15.1. The Morgan fingerprint density at radius 2 is 2.20 bits per heavy atom. The van der Waals surface area contributed by atoms with E-state index in [1.165, 1.54) is 0 Å². The van der Waals surface area contributed by atoms with E-state index in [1.54, 1.807) is 12.1 Å². The van der Waals surface area contributed by atoms with Crippen LogP contribution >= 0.6 is 22.9 Å². The summed E-state index contributed by atoms with van der Waals surface area (Å²) in [5.74, 6) is 0.536. The third-order valence-electron chi connectivity index (χ3n) is 2.66. The van der Waals surface area contributed by atoms with E-state index in [-0.39, 0.29) is 30.7 Å². The van der Waals surface area contributed by atoms with Crippen molar-refractivity contribution in [2.24, 2.45) is 5.73 Å². The van der Waals surface area contributed by atoms with Crippen LogP contribution in [0.2, 0.25) is 0 Å². The number of hydrazine groups is 1. The van der Waals surface area contributed by atoms with Crippen molar-refractivity contribution in [3.63, 3.8) is 0 Å². The molecule has 1 heterocycles. The molecule has 0 fully saturated rings. The summed E-state index contributed by atoms with van der Waals surface area (Å²) in [4.78, 5) is 12.4. The van der Waals surface area contributed by atoms with Gasteiger partial charge in [-0.25, -0.2) is 0 Å². The van der Waals surface area contributed by atoms with Gasteiger partial charge in [0.2, 0.25) is 0 Å². The molecular weight excluding hydrogens is 486 g/mol. The van der Waals surface area contributed by atoms with E-state index < -0.39 is 0 Å². The summed E-state index contributed by atoms with van der Waals surface area (Å²) in [7, 11) is 1.81. The summed E-state index contributed by atoms with van der Waals surface area (Å²) in [6.07, 6.45) is 0. The van der Waals surface area contributed by atoms with Crippen molar-refractivity contribution in [2.75, 3.05) is 15.1 Å². The van der Waals surface area contributed by atoms with E-state index in [2.05, 4.69) is 14.4 Å². The van der Waals surface area contributed by atoms with Crippen LogP contribution in [-0.2, 0) is 0 Å². The van der Waals surface area contributed by atoms with Crippen molar-refractivity contribution in [1.82, 2.24) is 10.9 Å². The second kappa shape index (κ2) is 7.54. The number of anilines is 1. The van der Waals surface area contributed by atoms with E-state index in [0.717, 1.165) is 4.55 Å². The molecule has 2 aromatic rings. The molecule has 2 rings (SSSR count). The zero-order valence-electron chi connectivity index (χ0n) is 10.7. The van der Waals surface area contributed by atoms with E-state index >= 15 is 0 Å². The van der Waals surface area contributed by atoms with Gasteiger partial charge in [-0.3, -0.25) is 0 Å². The third-order valence-corrected chi connectivity index (χ3v) is 5.53. The van der Waals surface area contributed by atoms with Crippen molar-refractivity contribution in [3.8, 4) is 0 Å². The topological polar surface area (TPSA) is 92.3 Å². The number of hydrogen-bond acceptors (Lipinski definition) is 6. The van der Waals surface area contributed by atoms with Crippen LogP contribution in [0.3, 0.4) is 0 Å². The molecule has 1 atom stereocenters. The SMILES string of the molecule is CNNC[I-][C@@H](N)c1oc2ccccc2c(=O)c1NI. The minimum absolute atomic E-state index is 0.0720. The van der Waals surface area contributed by atoms with Crippen molar-refractivity contribution in [3.05, 3.63) is 40.2 Å². The first kappa shape index (κ1) is 15.9. The Balaban J connectivity index is 2.43. The quantitative estimate of drug-likeness (QED) is 0.0942. The standard InChI is InChI=1S/C12H15I2N4O2/c1-16-17-6-14-12(15)11-9(18-13)10(19)7-4-2-3-5-8(7)20-11/h2-5,12,16-18H,6,15H2,1H3/q-1/t12-/m0/s1. The summed E-state index contributed by atoms with van der Waals surface area (Å²) >= 11 is 1.55. The predicted octanol–water partition coefficient (Wildman–Crippen LogP) is -1.72. The monoisotopic (exact) mass is 501 g/mol. The van der Waals surface area contributed by atoms with Crippen LogP contribution in [0.4, 0.5) is 5.69 Å². The van der Waals surface area contributed by atoms with Crippen molar-refractivity contribution in [1.29, 1.82) is 0 Å². The normalized spacial score (nSPS) is 12.8. The molecule has 0 saturated carbocycles. The molecule has 0 aliphatic carbocycles. The summed E-state index contributed by atoms with van der Waals surface area (Å²) in [5, 5.41) is 0.564. The molecule has 110 valence electrons. The molecule has 8 heteroatoms. The fourth-order valence-electron chi connectivity index (χ4n) is 1.70. The van der Waals surface area contributed by atoms with Gasteiger partial charge in [-0.1, -0.05) is 0 Å². The fraction of sp³-hybridized carbons (Fsp3) is 0.250. The second-order valence-electron chi connectivity index (χ2n) is 3.88. The summed E-state index contributed by atoms with van der Waals surface area (Å²) in [5.41, 5.74) is 13.0. The first-order valence-electron chi connectivity index (χ1n) is 5.84. The maximum absolute atomic E-state index is 12.4. The number of nitrogens with two attached hydrogens (primary N) is 1. The summed E-state index contributed by atoms with van der Waals surface area (Å²) in [6, 6.07) is 7.20. The van der Waals surface area contributed by atoms with Gasteiger partial charge in [0, 0.05) is 0 Å². The van der Waals surface area contributed by atoms with Crippen LogP contribution in [0.1, 0.15) is 9.81 Å². The molecule has 0 bridgehead atoms. The molecule has 6 nitrogen and oxygen atoms in total. The summed E-state index contributed by atoms with van der Waals surface area (Å²) < 4.78 is 9.28. The van der Waals surface area contributed by atoms with Crippen molar-refractivity contribution in [2.45, 2.75) is 4.05 Å². The van der Waals surface area contributed by atoms with Crippen molar-refractivity contribution < 1.29 is 25.6 Å². The predicted molar refractivity (Wildman–Crippen MR) is 84.1 cm³/mol. The molecule has 0 radical (unpaired) electrons. The number of hydrogen-bond donors (Lipinski definition) is 4. The Bertz CT molecular complexity index is 647. The van der Waals surface area contributed by atoms with Gasteiger partial charge in [0.05, 0.1) is 0 Å². The molecule has 5 N–H and O–H groups in total. The number of nitrogens with one attached hydrogen (secondary N) is 3. The molecule has 0 saturated heterocycles.